The first kappa shape index (κ1) is 39.4. The number of nitro benzene ring substituents is 1. The number of non-ortho nitro benzene ring substituents is 1. The molecule has 9 nitrogen and oxygen atoms in total. The van der Waals surface area contributed by atoms with Gasteiger partial charge < -0.3 is 25.0 Å². The van der Waals surface area contributed by atoms with Crippen molar-refractivity contribution in [2.24, 2.45) is 4.99 Å². The standard InChI is InChI=1S/C36H48ClN5O4S.BrH/c1-4-41(5-2)22-23-46-33-18-9-28(25-34(33)45-3)26-39-35(38-21-24-47-32-16-12-30(37)13-17-32)40-27-36(19-7-6-8-20-36)29-10-14-31(15-11-29)42(43)44;/h9-18,25H,4-8,19-24,26-27H2,1-3H3,(H2,38,39,40);1H. The van der Waals surface area contributed by atoms with Crippen molar-refractivity contribution in [2.45, 2.75) is 62.8 Å². The summed E-state index contributed by atoms with van der Waals surface area (Å²) in [7, 11) is 1.66. The van der Waals surface area contributed by atoms with Crippen molar-refractivity contribution >= 4 is 52.0 Å². The Morgan fingerprint density at radius 3 is 2.35 bits per heavy atom. The van der Waals surface area contributed by atoms with E-state index in [1.54, 1.807) is 31.0 Å². The van der Waals surface area contributed by atoms with Gasteiger partial charge in [-0.05, 0) is 73.5 Å². The molecular weight excluding hydrogens is 714 g/mol. The number of hydrogen-bond acceptors (Lipinski definition) is 7. The molecule has 1 fully saturated rings. The summed E-state index contributed by atoms with van der Waals surface area (Å²) in [5, 5.41) is 19.2. The van der Waals surface area contributed by atoms with Crippen LogP contribution in [0.5, 0.6) is 11.5 Å². The van der Waals surface area contributed by atoms with E-state index in [-0.39, 0.29) is 33.0 Å². The summed E-state index contributed by atoms with van der Waals surface area (Å²) in [4.78, 5) is 19.4. The number of thioether (sulfide) groups is 1. The van der Waals surface area contributed by atoms with Crippen LogP contribution in [0.15, 0.2) is 76.6 Å². The molecule has 262 valence electrons. The van der Waals surface area contributed by atoms with Gasteiger partial charge in [0.25, 0.3) is 5.69 Å². The number of likely N-dealkylation sites (N-methyl/N-ethyl adjacent to an activating group) is 1. The highest BCUT2D eigenvalue weighted by Crippen LogP contribution is 2.39. The second kappa shape index (κ2) is 20.5. The maximum atomic E-state index is 11.3. The van der Waals surface area contributed by atoms with Crippen LogP contribution in [0.1, 0.15) is 57.1 Å². The number of benzene rings is 3. The fourth-order valence-corrected chi connectivity index (χ4v) is 6.85. The number of ether oxygens (including phenoxy) is 2. The molecule has 2 N–H and O–H groups in total. The van der Waals surface area contributed by atoms with Gasteiger partial charge in [0.15, 0.2) is 17.5 Å². The lowest BCUT2D eigenvalue weighted by atomic mass is 9.69. The van der Waals surface area contributed by atoms with Crippen LogP contribution in [0.2, 0.25) is 5.02 Å². The summed E-state index contributed by atoms with van der Waals surface area (Å²) in [6.45, 7) is 9.61. The smallest absolute Gasteiger partial charge is 0.269 e. The molecule has 0 saturated heterocycles. The van der Waals surface area contributed by atoms with Crippen molar-refractivity contribution in [3.05, 3.63) is 93.0 Å². The first-order valence-electron chi connectivity index (χ1n) is 16.5. The number of nitro groups is 1. The van der Waals surface area contributed by atoms with E-state index >= 15 is 0 Å². The molecule has 0 radical (unpaired) electrons. The predicted molar refractivity (Wildman–Crippen MR) is 204 cm³/mol. The Balaban J connectivity index is 0.00000625. The highest BCUT2D eigenvalue weighted by Gasteiger charge is 2.34. The lowest BCUT2D eigenvalue weighted by Crippen LogP contribution is -2.47. The predicted octanol–water partition coefficient (Wildman–Crippen LogP) is 8.28. The van der Waals surface area contributed by atoms with Crippen LogP contribution in [-0.2, 0) is 12.0 Å². The van der Waals surface area contributed by atoms with Crippen molar-refractivity contribution in [2.75, 3.05) is 52.2 Å². The summed E-state index contributed by atoms with van der Waals surface area (Å²) in [5.41, 5.74) is 2.14. The molecule has 4 rings (SSSR count). The maximum absolute atomic E-state index is 11.3. The van der Waals surface area contributed by atoms with Gasteiger partial charge in [0.1, 0.15) is 6.61 Å². The van der Waals surface area contributed by atoms with Gasteiger partial charge in [-0.25, -0.2) is 4.99 Å². The number of nitrogens with zero attached hydrogens (tertiary/aromatic N) is 3. The van der Waals surface area contributed by atoms with E-state index in [4.69, 9.17) is 26.1 Å². The van der Waals surface area contributed by atoms with Crippen LogP contribution >= 0.6 is 40.3 Å². The van der Waals surface area contributed by atoms with E-state index in [2.05, 4.69) is 29.4 Å². The average molecular weight is 763 g/mol. The second-order valence-corrected chi connectivity index (χ2v) is 13.4. The monoisotopic (exact) mass is 761 g/mol. The minimum Gasteiger partial charge on any atom is -0.493 e. The lowest BCUT2D eigenvalue weighted by Gasteiger charge is -2.38. The molecule has 0 heterocycles. The van der Waals surface area contributed by atoms with E-state index < -0.39 is 0 Å². The second-order valence-electron chi connectivity index (χ2n) is 11.8. The van der Waals surface area contributed by atoms with Crippen LogP contribution in [-0.4, -0.2) is 68.0 Å². The van der Waals surface area contributed by atoms with Crippen molar-refractivity contribution in [3.8, 4) is 11.5 Å². The SMILES string of the molecule is Br.CCN(CC)CCOc1ccc(CN=C(NCCSc2ccc(Cl)cc2)NCC2(c3ccc([N+](=O)[O-])cc3)CCCCC2)cc1OC. The number of hydrogen-bond donors (Lipinski definition) is 2. The van der Waals surface area contributed by atoms with Gasteiger partial charge in [0, 0.05) is 52.9 Å². The van der Waals surface area contributed by atoms with Gasteiger partial charge in [0.05, 0.1) is 18.6 Å². The Bertz CT molecular complexity index is 1440. The summed E-state index contributed by atoms with van der Waals surface area (Å²) >= 11 is 7.81. The maximum Gasteiger partial charge on any atom is 0.269 e. The summed E-state index contributed by atoms with van der Waals surface area (Å²) in [6, 6.07) is 21.0. The number of aliphatic imine (C=N–C) groups is 1. The zero-order valence-corrected chi connectivity index (χ0v) is 31.5. The number of methoxy groups -OCH3 is 1. The first-order chi connectivity index (χ1) is 22.9. The number of halogens is 2. The van der Waals surface area contributed by atoms with E-state index in [1.165, 1.54) is 6.42 Å². The zero-order chi connectivity index (χ0) is 33.5. The van der Waals surface area contributed by atoms with Gasteiger partial charge in [-0.15, -0.1) is 28.7 Å². The number of nitrogens with one attached hydrogen (secondary N) is 2. The Labute approximate surface area is 305 Å². The lowest BCUT2D eigenvalue weighted by molar-refractivity contribution is -0.384. The number of guanidine groups is 1. The van der Waals surface area contributed by atoms with Gasteiger partial charge in [-0.1, -0.05) is 62.9 Å². The van der Waals surface area contributed by atoms with E-state index in [0.29, 0.717) is 32.0 Å². The van der Waals surface area contributed by atoms with Gasteiger partial charge in [0.2, 0.25) is 0 Å². The molecule has 0 amide bonds. The first-order valence-corrected chi connectivity index (χ1v) is 17.9. The molecule has 0 spiro atoms. The van der Waals surface area contributed by atoms with Crippen molar-refractivity contribution in [1.29, 1.82) is 0 Å². The Hall–Kier alpha value is -2.99. The summed E-state index contributed by atoms with van der Waals surface area (Å²) in [5.74, 6) is 3.00. The normalized spacial score (nSPS) is 14.2. The quantitative estimate of drug-likeness (QED) is 0.0354. The fraction of sp³-hybridized carbons (Fsp3) is 0.472. The molecule has 48 heavy (non-hydrogen) atoms. The Kier molecular flexibility index (Phi) is 16.9. The highest BCUT2D eigenvalue weighted by molar-refractivity contribution is 8.93. The molecule has 0 atom stereocenters. The van der Waals surface area contributed by atoms with Gasteiger partial charge >= 0.3 is 0 Å². The largest absolute Gasteiger partial charge is 0.493 e. The molecule has 0 aliphatic heterocycles. The van der Waals surface area contributed by atoms with Crippen LogP contribution in [0.4, 0.5) is 5.69 Å². The molecular formula is C36H49BrClN5O4S. The van der Waals surface area contributed by atoms with Crippen LogP contribution < -0.4 is 20.1 Å². The Morgan fingerprint density at radius 1 is 1.00 bits per heavy atom. The molecule has 3 aromatic rings. The third kappa shape index (κ3) is 11.9. The molecule has 0 bridgehead atoms. The highest BCUT2D eigenvalue weighted by atomic mass is 79.9. The van der Waals surface area contributed by atoms with Crippen molar-refractivity contribution in [3.63, 3.8) is 0 Å². The third-order valence-electron chi connectivity index (χ3n) is 8.78. The minimum atomic E-state index is -0.341. The van der Waals surface area contributed by atoms with Crippen molar-refractivity contribution in [1.82, 2.24) is 15.5 Å². The molecule has 1 aliphatic rings. The molecule has 1 saturated carbocycles. The Morgan fingerprint density at radius 2 is 1.71 bits per heavy atom. The molecule has 1 aliphatic carbocycles. The topological polar surface area (TPSA) is 101 Å². The van der Waals surface area contributed by atoms with E-state index in [9.17, 15) is 10.1 Å². The van der Waals surface area contributed by atoms with Crippen LogP contribution in [0.3, 0.4) is 0 Å². The fourth-order valence-electron chi connectivity index (χ4n) is 5.95. The molecule has 12 heteroatoms. The molecule has 0 aromatic heterocycles. The number of rotatable bonds is 17. The molecule has 0 unspecified atom stereocenters. The van der Waals surface area contributed by atoms with E-state index in [0.717, 1.165) is 83.8 Å². The van der Waals surface area contributed by atoms with Crippen molar-refractivity contribution < 1.29 is 14.4 Å². The third-order valence-corrected chi connectivity index (χ3v) is 10.0. The van der Waals surface area contributed by atoms with Gasteiger partial charge in [-0.2, -0.15) is 0 Å². The van der Waals surface area contributed by atoms with Crippen LogP contribution in [0, 0.1) is 10.1 Å². The van der Waals surface area contributed by atoms with Gasteiger partial charge in [-0.3, -0.25) is 10.1 Å². The van der Waals surface area contributed by atoms with Crippen LogP contribution in [0.25, 0.3) is 0 Å². The molecule has 3 aromatic carbocycles. The van der Waals surface area contributed by atoms with E-state index in [1.807, 2.05) is 54.6 Å². The average Bonchev–Trinajstić information content (AvgIpc) is 3.10. The summed E-state index contributed by atoms with van der Waals surface area (Å²) < 4.78 is 11.7. The minimum absolute atomic E-state index is 0. The summed E-state index contributed by atoms with van der Waals surface area (Å²) in [6.07, 6.45) is 5.49. The zero-order valence-electron chi connectivity index (χ0n) is 28.2.